The molecule has 0 saturated heterocycles. The van der Waals surface area contributed by atoms with Crippen molar-refractivity contribution < 1.29 is 0 Å². The van der Waals surface area contributed by atoms with Gasteiger partial charge in [0.25, 0.3) is 0 Å². The maximum Gasteiger partial charge on any atom is -0.00431 e. The quantitative estimate of drug-likeness (QED) is 0.589. The van der Waals surface area contributed by atoms with Gasteiger partial charge in [-0.15, -0.1) is 0 Å². The van der Waals surface area contributed by atoms with Crippen molar-refractivity contribution in [3.63, 3.8) is 0 Å². The second kappa shape index (κ2) is 10.1. The number of rotatable bonds is 10. The first-order valence-corrected chi connectivity index (χ1v) is 7.64. The van der Waals surface area contributed by atoms with Crippen LogP contribution in [0.2, 0.25) is 0 Å². The fourth-order valence-corrected chi connectivity index (χ4v) is 2.41. The molecule has 1 nitrogen and oxygen atoms in total. The molecule has 0 aliphatic heterocycles. The Kier molecular flexibility index (Phi) is 8.58. The molecule has 0 fully saturated rings. The van der Waals surface area contributed by atoms with Crippen LogP contribution in [0.25, 0.3) is 0 Å². The van der Waals surface area contributed by atoms with E-state index in [1.54, 1.807) is 0 Å². The van der Waals surface area contributed by atoms with Gasteiger partial charge in [0.15, 0.2) is 0 Å². The van der Waals surface area contributed by atoms with Crippen LogP contribution >= 0.6 is 0 Å². The smallest absolute Gasteiger partial charge is 0.00431 e. The van der Waals surface area contributed by atoms with Gasteiger partial charge in [-0.2, -0.15) is 0 Å². The van der Waals surface area contributed by atoms with Crippen molar-refractivity contribution in [1.29, 1.82) is 0 Å². The number of unbranched alkanes of at least 4 members (excludes halogenated alkanes) is 3. The summed E-state index contributed by atoms with van der Waals surface area (Å²) in [6, 6.07) is 10.9. The molecule has 18 heavy (non-hydrogen) atoms. The maximum absolute atomic E-state index is 3.58. The van der Waals surface area contributed by atoms with Gasteiger partial charge in [-0.25, -0.2) is 0 Å². The summed E-state index contributed by atoms with van der Waals surface area (Å²) in [6.07, 6.45) is 7.90. The van der Waals surface area contributed by atoms with E-state index in [4.69, 9.17) is 0 Å². The molecule has 1 unspecified atom stereocenters. The van der Waals surface area contributed by atoms with Gasteiger partial charge in [-0.1, -0.05) is 63.4 Å². The van der Waals surface area contributed by atoms with Gasteiger partial charge < -0.3 is 5.32 Å². The predicted molar refractivity (Wildman–Crippen MR) is 81.1 cm³/mol. The molecule has 1 aromatic carbocycles. The van der Waals surface area contributed by atoms with E-state index in [-0.39, 0.29) is 0 Å². The third kappa shape index (κ3) is 6.20. The number of nitrogens with one attached hydrogen (secondary N) is 1. The van der Waals surface area contributed by atoms with Crippen LogP contribution in [0.3, 0.4) is 0 Å². The summed E-state index contributed by atoms with van der Waals surface area (Å²) in [5.74, 6) is 0.717. The van der Waals surface area contributed by atoms with Crippen molar-refractivity contribution in [3.8, 4) is 0 Å². The highest BCUT2D eigenvalue weighted by molar-refractivity contribution is 5.19. The van der Waals surface area contributed by atoms with E-state index in [0.717, 1.165) is 6.54 Å². The molecule has 0 aromatic heterocycles. The normalized spacial score (nSPS) is 12.6. The highest BCUT2D eigenvalue weighted by atomic mass is 14.8. The lowest BCUT2D eigenvalue weighted by molar-refractivity contribution is 0.536. The summed E-state index contributed by atoms with van der Waals surface area (Å²) in [6.45, 7) is 6.89. The molecule has 0 amide bonds. The predicted octanol–water partition coefficient (Wildman–Crippen LogP) is 4.74. The second-order valence-corrected chi connectivity index (χ2v) is 5.12. The Morgan fingerprint density at radius 2 is 1.72 bits per heavy atom. The van der Waals surface area contributed by atoms with Crippen molar-refractivity contribution >= 4 is 0 Å². The number of hydrogen-bond donors (Lipinski definition) is 1. The van der Waals surface area contributed by atoms with E-state index in [2.05, 4.69) is 49.5 Å². The van der Waals surface area contributed by atoms with Crippen molar-refractivity contribution in [2.75, 3.05) is 13.1 Å². The first-order chi connectivity index (χ1) is 8.88. The zero-order valence-electron chi connectivity index (χ0n) is 12.1. The lowest BCUT2D eigenvalue weighted by Crippen LogP contribution is -2.18. The van der Waals surface area contributed by atoms with Crippen LogP contribution in [0.5, 0.6) is 0 Å². The molecule has 102 valence electrons. The Hall–Kier alpha value is -0.820. The third-order valence-corrected chi connectivity index (χ3v) is 3.64. The van der Waals surface area contributed by atoms with Crippen molar-refractivity contribution in [1.82, 2.24) is 5.32 Å². The SMILES string of the molecule is CCCCCCNCCC(CC)c1ccccc1. The fourth-order valence-electron chi connectivity index (χ4n) is 2.41. The molecule has 1 atom stereocenters. The topological polar surface area (TPSA) is 12.0 Å². The van der Waals surface area contributed by atoms with Gasteiger partial charge in [0.1, 0.15) is 0 Å². The Morgan fingerprint density at radius 1 is 0.944 bits per heavy atom. The minimum atomic E-state index is 0.717. The zero-order valence-corrected chi connectivity index (χ0v) is 12.1. The summed E-state index contributed by atoms with van der Waals surface area (Å²) < 4.78 is 0. The lowest BCUT2D eigenvalue weighted by atomic mass is 9.93. The Balaban J connectivity index is 2.13. The fraction of sp³-hybridized carbons (Fsp3) is 0.647. The summed E-state index contributed by atoms with van der Waals surface area (Å²) >= 11 is 0. The molecule has 0 heterocycles. The lowest BCUT2D eigenvalue weighted by Gasteiger charge is -2.15. The van der Waals surface area contributed by atoms with Gasteiger partial charge >= 0.3 is 0 Å². The molecule has 0 aliphatic rings. The summed E-state index contributed by atoms with van der Waals surface area (Å²) in [5.41, 5.74) is 1.49. The highest BCUT2D eigenvalue weighted by Crippen LogP contribution is 2.22. The van der Waals surface area contributed by atoms with E-state index in [1.165, 1.54) is 50.6 Å². The molecule has 0 aliphatic carbocycles. The Bertz CT molecular complexity index is 281. The number of hydrogen-bond acceptors (Lipinski definition) is 1. The van der Waals surface area contributed by atoms with Crippen molar-refractivity contribution in [2.45, 2.75) is 58.3 Å². The van der Waals surface area contributed by atoms with Gasteiger partial charge in [-0.3, -0.25) is 0 Å². The minimum Gasteiger partial charge on any atom is -0.317 e. The molecule has 0 bridgehead atoms. The second-order valence-electron chi connectivity index (χ2n) is 5.12. The Morgan fingerprint density at radius 3 is 2.39 bits per heavy atom. The first-order valence-electron chi connectivity index (χ1n) is 7.64. The maximum atomic E-state index is 3.58. The molecule has 1 rings (SSSR count). The number of benzene rings is 1. The van der Waals surface area contributed by atoms with Crippen LogP contribution in [-0.2, 0) is 0 Å². The van der Waals surface area contributed by atoms with E-state index < -0.39 is 0 Å². The average molecular weight is 247 g/mol. The largest absolute Gasteiger partial charge is 0.317 e. The standard InChI is InChI=1S/C17H29N/c1-3-5-6-10-14-18-15-13-16(4-2)17-11-8-7-9-12-17/h7-9,11-12,16,18H,3-6,10,13-15H2,1-2H3. The zero-order chi connectivity index (χ0) is 13.1. The molecular weight excluding hydrogens is 218 g/mol. The van der Waals surface area contributed by atoms with Crippen LogP contribution < -0.4 is 5.32 Å². The van der Waals surface area contributed by atoms with Crippen molar-refractivity contribution in [3.05, 3.63) is 35.9 Å². The van der Waals surface area contributed by atoms with Crippen LogP contribution in [0.1, 0.15) is 63.9 Å². The van der Waals surface area contributed by atoms with Gasteiger partial charge in [0.2, 0.25) is 0 Å². The molecule has 0 radical (unpaired) electrons. The van der Waals surface area contributed by atoms with Gasteiger partial charge in [0, 0.05) is 0 Å². The highest BCUT2D eigenvalue weighted by Gasteiger charge is 2.07. The first kappa shape index (κ1) is 15.2. The van der Waals surface area contributed by atoms with E-state index >= 15 is 0 Å². The third-order valence-electron chi connectivity index (χ3n) is 3.64. The van der Waals surface area contributed by atoms with Crippen LogP contribution in [0.15, 0.2) is 30.3 Å². The van der Waals surface area contributed by atoms with Crippen LogP contribution in [0, 0.1) is 0 Å². The molecule has 0 saturated carbocycles. The van der Waals surface area contributed by atoms with E-state index in [0.29, 0.717) is 5.92 Å². The van der Waals surface area contributed by atoms with E-state index in [9.17, 15) is 0 Å². The minimum absolute atomic E-state index is 0.717. The van der Waals surface area contributed by atoms with Gasteiger partial charge in [0.05, 0.1) is 0 Å². The van der Waals surface area contributed by atoms with Crippen molar-refractivity contribution in [2.24, 2.45) is 0 Å². The van der Waals surface area contributed by atoms with Crippen LogP contribution in [0.4, 0.5) is 0 Å². The van der Waals surface area contributed by atoms with Gasteiger partial charge in [-0.05, 0) is 43.8 Å². The monoisotopic (exact) mass is 247 g/mol. The summed E-state index contributed by atoms with van der Waals surface area (Å²) in [4.78, 5) is 0. The molecular formula is C17H29N. The average Bonchev–Trinajstić information content (AvgIpc) is 2.43. The molecule has 1 N–H and O–H groups in total. The molecule has 1 heteroatoms. The summed E-state index contributed by atoms with van der Waals surface area (Å²) in [7, 11) is 0. The molecule has 1 aromatic rings. The molecule has 0 spiro atoms. The van der Waals surface area contributed by atoms with Crippen LogP contribution in [-0.4, -0.2) is 13.1 Å². The Labute approximate surface area is 113 Å². The summed E-state index contributed by atoms with van der Waals surface area (Å²) in [5, 5.41) is 3.58. The van der Waals surface area contributed by atoms with E-state index in [1.807, 2.05) is 0 Å².